The van der Waals surface area contributed by atoms with Crippen molar-refractivity contribution in [1.82, 2.24) is 15.5 Å². The number of hydrogen-bond donors (Lipinski definition) is 2. The number of aryl methyl sites for hydroxylation is 1. The minimum Gasteiger partial charge on any atom is -0.383 e. The first-order valence-electron chi connectivity index (χ1n) is 9.84. The second-order valence-corrected chi connectivity index (χ2v) is 7.43. The highest BCUT2D eigenvalue weighted by molar-refractivity contribution is 5.79. The van der Waals surface area contributed by atoms with Crippen molar-refractivity contribution in [3.05, 3.63) is 35.4 Å². The van der Waals surface area contributed by atoms with Gasteiger partial charge >= 0.3 is 0 Å². The Morgan fingerprint density at radius 3 is 2.73 bits per heavy atom. The summed E-state index contributed by atoms with van der Waals surface area (Å²) >= 11 is 0. The monoisotopic (exact) mass is 360 g/mol. The van der Waals surface area contributed by atoms with Crippen molar-refractivity contribution >= 4 is 5.96 Å². The Bertz CT molecular complexity index is 553. The summed E-state index contributed by atoms with van der Waals surface area (Å²) in [6.45, 7) is 10.5. The van der Waals surface area contributed by atoms with Gasteiger partial charge in [-0.2, -0.15) is 0 Å². The summed E-state index contributed by atoms with van der Waals surface area (Å²) in [7, 11) is 3.62. The van der Waals surface area contributed by atoms with Gasteiger partial charge in [0.25, 0.3) is 0 Å². The molecule has 1 aliphatic rings. The number of guanidine groups is 1. The first-order chi connectivity index (χ1) is 12.6. The normalized spacial score (nSPS) is 17.9. The summed E-state index contributed by atoms with van der Waals surface area (Å²) in [5.74, 6) is 2.09. The number of methoxy groups -OCH3 is 1. The molecule has 2 rings (SSSR count). The van der Waals surface area contributed by atoms with Crippen LogP contribution in [-0.2, 0) is 4.74 Å². The van der Waals surface area contributed by atoms with Crippen molar-refractivity contribution in [2.45, 2.75) is 32.6 Å². The van der Waals surface area contributed by atoms with E-state index in [1.807, 2.05) is 7.05 Å². The molecule has 26 heavy (non-hydrogen) atoms. The molecule has 1 aromatic rings. The highest BCUT2D eigenvalue weighted by atomic mass is 16.5. The van der Waals surface area contributed by atoms with Crippen LogP contribution in [0.2, 0.25) is 0 Å². The van der Waals surface area contributed by atoms with Gasteiger partial charge in [-0.3, -0.25) is 4.99 Å². The van der Waals surface area contributed by atoms with Crippen LogP contribution in [0.4, 0.5) is 0 Å². The van der Waals surface area contributed by atoms with E-state index >= 15 is 0 Å². The Morgan fingerprint density at radius 2 is 2.08 bits per heavy atom. The van der Waals surface area contributed by atoms with Crippen LogP contribution >= 0.6 is 0 Å². The van der Waals surface area contributed by atoms with E-state index in [0.717, 1.165) is 38.1 Å². The average molecular weight is 361 g/mol. The van der Waals surface area contributed by atoms with Crippen LogP contribution in [-0.4, -0.2) is 64.3 Å². The standard InChI is InChI=1S/C21H36N4O/c1-17-6-5-7-20(14-17)18(2)15-23-21(22-3)24-16-19-8-10-25(11-9-19)12-13-26-4/h5-7,14,18-19H,8-13,15-16H2,1-4H3,(H2,22,23,24). The van der Waals surface area contributed by atoms with E-state index in [-0.39, 0.29) is 0 Å². The maximum Gasteiger partial charge on any atom is 0.191 e. The lowest BCUT2D eigenvalue weighted by Crippen LogP contribution is -2.44. The zero-order valence-electron chi connectivity index (χ0n) is 16.9. The zero-order valence-corrected chi connectivity index (χ0v) is 16.9. The Labute approximate surface area is 159 Å². The fourth-order valence-corrected chi connectivity index (χ4v) is 3.44. The van der Waals surface area contributed by atoms with Crippen molar-refractivity contribution in [3.8, 4) is 0 Å². The van der Waals surface area contributed by atoms with Gasteiger partial charge in [0, 0.05) is 33.8 Å². The molecule has 146 valence electrons. The van der Waals surface area contributed by atoms with E-state index in [4.69, 9.17) is 4.74 Å². The second-order valence-electron chi connectivity index (χ2n) is 7.43. The van der Waals surface area contributed by atoms with E-state index in [9.17, 15) is 0 Å². The largest absolute Gasteiger partial charge is 0.383 e. The Kier molecular flexibility index (Phi) is 8.92. The lowest BCUT2D eigenvalue weighted by molar-refractivity contribution is 0.121. The number of aliphatic imine (C=N–C) groups is 1. The van der Waals surface area contributed by atoms with Gasteiger partial charge in [0.05, 0.1) is 6.61 Å². The fourth-order valence-electron chi connectivity index (χ4n) is 3.44. The van der Waals surface area contributed by atoms with Gasteiger partial charge in [-0.25, -0.2) is 0 Å². The van der Waals surface area contributed by atoms with Crippen LogP contribution in [0, 0.1) is 12.8 Å². The van der Waals surface area contributed by atoms with Crippen LogP contribution in [0.5, 0.6) is 0 Å². The quantitative estimate of drug-likeness (QED) is 0.553. The maximum atomic E-state index is 5.17. The molecule has 1 saturated heterocycles. The van der Waals surface area contributed by atoms with E-state index in [1.165, 1.54) is 37.1 Å². The van der Waals surface area contributed by atoms with Crippen LogP contribution in [0.1, 0.15) is 36.8 Å². The van der Waals surface area contributed by atoms with Crippen molar-refractivity contribution in [3.63, 3.8) is 0 Å². The molecule has 0 radical (unpaired) electrons. The number of piperidine rings is 1. The molecule has 0 spiro atoms. The molecule has 0 amide bonds. The molecule has 2 N–H and O–H groups in total. The number of ether oxygens (including phenoxy) is 1. The number of nitrogens with one attached hydrogen (secondary N) is 2. The van der Waals surface area contributed by atoms with Crippen LogP contribution in [0.25, 0.3) is 0 Å². The van der Waals surface area contributed by atoms with E-state index in [0.29, 0.717) is 5.92 Å². The molecule has 1 heterocycles. The Hall–Kier alpha value is -1.59. The van der Waals surface area contributed by atoms with Crippen molar-refractivity contribution in [1.29, 1.82) is 0 Å². The van der Waals surface area contributed by atoms with Crippen LogP contribution in [0.3, 0.4) is 0 Å². The summed E-state index contributed by atoms with van der Waals surface area (Å²) < 4.78 is 5.17. The Balaban J connectivity index is 1.68. The molecular weight excluding hydrogens is 324 g/mol. The number of nitrogens with zero attached hydrogens (tertiary/aromatic N) is 2. The van der Waals surface area contributed by atoms with Crippen molar-refractivity contribution < 1.29 is 4.74 Å². The summed E-state index contributed by atoms with van der Waals surface area (Å²) in [4.78, 5) is 6.88. The summed E-state index contributed by atoms with van der Waals surface area (Å²) in [6.07, 6.45) is 2.49. The van der Waals surface area contributed by atoms with Gasteiger partial charge < -0.3 is 20.3 Å². The van der Waals surface area contributed by atoms with Gasteiger partial charge in [-0.1, -0.05) is 36.8 Å². The number of likely N-dealkylation sites (tertiary alicyclic amines) is 1. The molecule has 0 aromatic heterocycles. The molecular formula is C21H36N4O. The van der Waals surface area contributed by atoms with Gasteiger partial charge in [0.15, 0.2) is 5.96 Å². The van der Waals surface area contributed by atoms with Gasteiger partial charge in [0.2, 0.25) is 0 Å². The van der Waals surface area contributed by atoms with E-state index in [2.05, 4.69) is 58.6 Å². The molecule has 5 heteroatoms. The first-order valence-corrected chi connectivity index (χ1v) is 9.84. The smallest absolute Gasteiger partial charge is 0.191 e. The van der Waals surface area contributed by atoms with Crippen LogP contribution < -0.4 is 10.6 Å². The minimum atomic E-state index is 0.456. The third-order valence-electron chi connectivity index (χ3n) is 5.29. The maximum absolute atomic E-state index is 5.17. The third kappa shape index (κ3) is 6.96. The van der Waals surface area contributed by atoms with E-state index < -0.39 is 0 Å². The number of hydrogen-bond acceptors (Lipinski definition) is 3. The first kappa shape index (κ1) is 20.7. The predicted octanol–water partition coefficient (Wildman–Crippen LogP) is 2.62. The van der Waals surface area contributed by atoms with Crippen molar-refractivity contribution in [2.24, 2.45) is 10.9 Å². The summed E-state index contributed by atoms with van der Waals surface area (Å²) in [6, 6.07) is 8.74. The van der Waals surface area contributed by atoms with Gasteiger partial charge in [0.1, 0.15) is 0 Å². The number of benzene rings is 1. The predicted molar refractivity (Wildman–Crippen MR) is 110 cm³/mol. The lowest BCUT2D eigenvalue weighted by atomic mass is 9.97. The minimum absolute atomic E-state index is 0.456. The molecule has 1 fully saturated rings. The van der Waals surface area contributed by atoms with Crippen molar-refractivity contribution in [2.75, 3.05) is 53.5 Å². The molecule has 1 atom stereocenters. The summed E-state index contributed by atoms with van der Waals surface area (Å²) in [5.41, 5.74) is 2.69. The molecule has 1 unspecified atom stereocenters. The average Bonchev–Trinajstić information content (AvgIpc) is 2.67. The lowest BCUT2D eigenvalue weighted by Gasteiger charge is -2.32. The van der Waals surface area contributed by atoms with E-state index in [1.54, 1.807) is 7.11 Å². The SMILES string of the molecule is CN=C(NCC1CCN(CCOC)CC1)NCC(C)c1cccc(C)c1. The second kappa shape index (κ2) is 11.2. The highest BCUT2D eigenvalue weighted by Gasteiger charge is 2.19. The molecule has 1 aliphatic heterocycles. The Morgan fingerprint density at radius 1 is 1.31 bits per heavy atom. The van der Waals surface area contributed by atoms with Gasteiger partial charge in [-0.15, -0.1) is 0 Å². The molecule has 5 nitrogen and oxygen atoms in total. The molecule has 0 aliphatic carbocycles. The molecule has 0 saturated carbocycles. The molecule has 0 bridgehead atoms. The highest BCUT2D eigenvalue weighted by Crippen LogP contribution is 2.17. The zero-order chi connectivity index (χ0) is 18.8. The topological polar surface area (TPSA) is 48.9 Å². The number of rotatable bonds is 8. The third-order valence-corrected chi connectivity index (χ3v) is 5.29. The molecule has 1 aromatic carbocycles. The van der Waals surface area contributed by atoms with Crippen LogP contribution in [0.15, 0.2) is 29.3 Å². The fraction of sp³-hybridized carbons (Fsp3) is 0.667. The van der Waals surface area contributed by atoms with Gasteiger partial charge in [-0.05, 0) is 50.3 Å². The summed E-state index contributed by atoms with van der Waals surface area (Å²) in [5, 5.41) is 6.99.